The van der Waals surface area contributed by atoms with Crippen LogP contribution in [-0.2, 0) is 6.42 Å². The van der Waals surface area contributed by atoms with E-state index in [9.17, 15) is 0 Å². The molecule has 0 amide bonds. The van der Waals surface area contributed by atoms with Crippen molar-refractivity contribution in [3.05, 3.63) is 40.9 Å². The third-order valence-electron chi connectivity index (χ3n) is 1.64. The topological polar surface area (TPSA) is 0 Å². The Balaban J connectivity index is 2.82. The van der Waals surface area contributed by atoms with Crippen LogP contribution in [0.1, 0.15) is 18.1 Å². The number of hydrogen-bond donors (Lipinski definition) is 0. The molecule has 0 aliphatic carbocycles. The summed E-state index contributed by atoms with van der Waals surface area (Å²) in [5.74, 6) is 0. The molecule has 0 saturated heterocycles. The molecule has 1 rings (SSSR count). The molecule has 11 heavy (non-hydrogen) atoms. The molecular formula is C10H11Cl. The van der Waals surface area contributed by atoms with Gasteiger partial charge in [0.05, 0.1) is 0 Å². The summed E-state index contributed by atoms with van der Waals surface area (Å²) in [6.07, 6.45) is 2.96. The SMILES string of the molecule is CCc1ccc(/C=C/Cl)cc1. The fourth-order valence-electron chi connectivity index (χ4n) is 0.937. The predicted octanol–water partition coefficient (Wildman–Crippen LogP) is 3.46. The van der Waals surface area contributed by atoms with Gasteiger partial charge in [-0.15, -0.1) is 0 Å². The van der Waals surface area contributed by atoms with Crippen molar-refractivity contribution in [2.75, 3.05) is 0 Å². The minimum atomic E-state index is 1.09. The quantitative estimate of drug-likeness (QED) is 0.631. The maximum absolute atomic E-state index is 5.43. The molecule has 0 aliphatic rings. The highest BCUT2D eigenvalue weighted by Crippen LogP contribution is 2.06. The normalized spacial score (nSPS) is 10.7. The van der Waals surface area contributed by atoms with E-state index < -0.39 is 0 Å². The van der Waals surface area contributed by atoms with Gasteiger partial charge in [0.1, 0.15) is 0 Å². The third-order valence-corrected chi connectivity index (χ3v) is 1.77. The highest BCUT2D eigenvalue weighted by Gasteiger charge is 1.87. The fraction of sp³-hybridized carbons (Fsp3) is 0.200. The molecule has 1 aromatic carbocycles. The van der Waals surface area contributed by atoms with Crippen molar-refractivity contribution in [1.29, 1.82) is 0 Å². The van der Waals surface area contributed by atoms with E-state index in [4.69, 9.17) is 11.6 Å². The highest BCUT2D eigenvalue weighted by atomic mass is 35.5. The average molecular weight is 167 g/mol. The molecule has 58 valence electrons. The summed E-state index contributed by atoms with van der Waals surface area (Å²) in [5, 5.41) is 0. The molecule has 0 atom stereocenters. The van der Waals surface area contributed by atoms with Gasteiger partial charge in [-0.3, -0.25) is 0 Å². The van der Waals surface area contributed by atoms with Crippen molar-refractivity contribution in [3.8, 4) is 0 Å². The summed E-state index contributed by atoms with van der Waals surface area (Å²) in [6.45, 7) is 2.15. The lowest BCUT2D eigenvalue weighted by Gasteiger charge is -1.95. The Morgan fingerprint density at radius 3 is 2.36 bits per heavy atom. The standard InChI is InChI=1S/C10H11Cl/c1-2-9-3-5-10(6-4-9)7-8-11/h3-8H,2H2,1H3/b8-7+. The number of benzene rings is 1. The minimum Gasteiger partial charge on any atom is -0.0929 e. The first-order valence-corrected chi connectivity index (χ1v) is 4.16. The lowest BCUT2D eigenvalue weighted by molar-refractivity contribution is 1.14. The summed E-state index contributed by atoms with van der Waals surface area (Å²) >= 11 is 5.43. The van der Waals surface area contributed by atoms with Gasteiger partial charge in [0.15, 0.2) is 0 Å². The van der Waals surface area contributed by atoms with Crippen LogP contribution in [0, 0.1) is 0 Å². The molecule has 0 radical (unpaired) electrons. The Kier molecular flexibility index (Phi) is 3.18. The predicted molar refractivity (Wildman–Crippen MR) is 50.7 cm³/mol. The van der Waals surface area contributed by atoms with Crippen molar-refractivity contribution in [1.82, 2.24) is 0 Å². The van der Waals surface area contributed by atoms with Crippen LogP contribution >= 0.6 is 11.6 Å². The molecule has 0 aromatic heterocycles. The molecule has 0 fully saturated rings. The molecule has 0 bridgehead atoms. The largest absolute Gasteiger partial charge is 0.0929 e. The molecule has 1 aromatic rings. The number of rotatable bonds is 2. The lowest BCUT2D eigenvalue weighted by Crippen LogP contribution is -1.78. The van der Waals surface area contributed by atoms with E-state index in [1.165, 1.54) is 11.1 Å². The van der Waals surface area contributed by atoms with Gasteiger partial charge in [0.2, 0.25) is 0 Å². The van der Waals surface area contributed by atoms with Gasteiger partial charge in [0.25, 0.3) is 0 Å². The van der Waals surface area contributed by atoms with Crippen molar-refractivity contribution in [2.45, 2.75) is 13.3 Å². The molecule has 1 heteroatoms. The number of hydrogen-bond acceptors (Lipinski definition) is 0. The Hall–Kier alpha value is -0.750. The molecular weight excluding hydrogens is 156 g/mol. The van der Waals surface area contributed by atoms with Crippen LogP contribution in [0.2, 0.25) is 0 Å². The summed E-state index contributed by atoms with van der Waals surface area (Å²) in [4.78, 5) is 0. The first-order valence-electron chi connectivity index (χ1n) is 3.72. The van der Waals surface area contributed by atoms with Crippen LogP contribution in [0.15, 0.2) is 29.8 Å². The van der Waals surface area contributed by atoms with E-state index in [-0.39, 0.29) is 0 Å². The zero-order valence-corrected chi connectivity index (χ0v) is 7.31. The molecule has 0 saturated carbocycles. The molecule has 0 heterocycles. The van der Waals surface area contributed by atoms with Crippen LogP contribution in [0.5, 0.6) is 0 Å². The van der Waals surface area contributed by atoms with Gasteiger partial charge < -0.3 is 0 Å². The monoisotopic (exact) mass is 166 g/mol. The molecule has 0 unspecified atom stereocenters. The van der Waals surface area contributed by atoms with Crippen LogP contribution in [-0.4, -0.2) is 0 Å². The second-order valence-corrected chi connectivity index (χ2v) is 2.64. The van der Waals surface area contributed by atoms with E-state index in [1.54, 1.807) is 0 Å². The summed E-state index contributed by atoms with van der Waals surface area (Å²) in [7, 11) is 0. The van der Waals surface area contributed by atoms with Gasteiger partial charge in [-0.1, -0.05) is 42.8 Å². The van der Waals surface area contributed by atoms with Crippen molar-refractivity contribution >= 4 is 17.7 Å². The summed E-state index contributed by atoms with van der Waals surface area (Å²) in [6, 6.07) is 8.37. The van der Waals surface area contributed by atoms with Crippen LogP contribution in [0.4, 0.5) is 0 Å². The van der Waals surface area contributed by atoms with E-state index >= 15 is 0 Å². The maximum Gasteiger partial charge on any atom is 0.00484 e. The molecule has 0 aliphatic heterocycles. The zero-order chi connectivity index (χ0) is 8.10. The first-order chi connectivity index (χ1) is 5.36. The summed E-state index contributed by atoms with van der Waals surface area (Å²) in [5.41, 5.74) is 4.04. The highest BCUT2D eigenvalue weighted by molar-refractivity contribution is 6.27. The van der Waals surface area contributed by atoms with Crippen molar-refractivity contribution < 1.29 is 0 Å². The number of aryl methyl sites for hydroxylation is 1. The van der Waals surface area contributed by atoms with E-state index in [1.807, 2.05) is 6.08 Å². The second-order valence-electron chi connectivity index (χ2n) is 2.39. The number of halogens is 1. The molecule has 0 nitrogen and oxygen atoms in total. The van der Waals surface area contributed by atoms with E-state index in [2.05, 4.69) is 31.2 Å². The van der Waals surface area contributed by atoms with Crippen molar-refractivity contribution in [3.63, 3.8) is 0 Å². The second kappa shape index (κ2) is 4.20. The zero-order valence-electron chi connectivity index (χ0n) is 6.55. The lowest BCUT2D eigenvalue weighted by atomic mass is 10.1. The Morgan fingerprint density at radius 1 is 1.27 bits per heavy atom. The van der Waals surface area contributed by atoms with Crippen LogP contribution < -0.4 is 0 Å². The van der Waals surface area contributed by atoms with E-state index in [0.717, 1.165) is 12.0 Å². The third kappa shape index (κ3) is 2.39. The van der Waals surface area contributed by atoms with Crippen LogP contribution in [0.3, 0.4) is 0 Å². The Labute approximate surface area is 72.5 Å². The Bertz CT molecular complexity index is 234. The van der Waals surface area contributed by atoms with Gasteiger partial charge in [-0.2, -0.15) is 0 Å². The summed E-state index contributed by atoms with van der Waals surface area (Å²) < 4.78 is 0. The Morgan fingerprint density at radius 2 is 1.91 bits per heavy atom. The average Bonchev–Trinajstić information content (AvgIpc) is 2.07. The fourth-order valence-corrected chi connectivity index (χ4v) is 1.08. The smallest absolute Gasteiger partial charge is 0.00484 e. The van der Waals surface area contributed by atoms with Gasteiger partial charge >= 0.3 is 0 Å². The molecule has 0 spiro atoms. The van der Waals surface area contributed by atoms with Gasteiger partial charge in [-0.25, -0.2) is 0 Å². The minimum absolute atomic E-state index is 1.09. The molecule has 0 N–H and O–H groups in total. The van der Waals surface area contributed by atoms with Crippen molar-refractivity contribution in [2.24, 2.45) is 0 Å². The first kappa shape index (κ1) is 8.35. The van der Waals surface area contributed by atoms with Gasteiger partial charge in [-0.05, 0) is 23.6 Å². The van der Waals surface area contributed by atoms with Crippen LogP contribution in [0.25, 0.3) is 6.08 Å². The van der Waals surface area contributed by atoms with Gasteiger partial charge in [0, 0.05) is 5.54 Å². The van der Waals surface area contributed by atoms with E-state index in [0.29, 0.717) is 0 Å². The maximum atomic E-state index is 5.43.